The highest BCUT2D eigenvalue weighted by atomic mass is 32.2. The van der Waals surface area contributed by atoms with Crippen molar-refractivity contribution in [3.05, 3.63) is 54.1 Å². The Morgan fingerprint density at radius 1 is 0.943 bits per heavy atom. The summed E-state index contributed by atoms with van der Waals surface area (Å²) in [6, 6.07) is 9.47. The molecule has 0 atom stereocenters. The van der Waals surface area contributed by atoms with Gasteiger partial charge < -0.3 is 9.64 Å². The number of carbonyl (C=O) groups is 1. The van der Waals surface area contributed by atoms with Crippen molar-refractivity contribution in [2.24, 2.45) is 0 Å². The molecule has 1 aliphatic rings. The molecule has 1 saturated heterocycles. The Bertz CT molecular complexity index is 1250. The third-order valence-electron chi connectivity index (χ3n) is 5.45. The molecule has 2 aromatic carbocycles. The monoisotopic (exact) mass is 534 g/mol. The van der Waals surface area contributed by atoms with Crippen LogP contribution in [0.15, 0.2) is 58.3 Å². The maximum atomic E-state index is 12.8. The van der Waals surface area contributed by atoms with E-state index in [0.29, 0.717) is 6.42 Å². The number of halogens is 3. The van der Waals surface area contributed by atoms with Crippen molar-refractivity contribution in [1.82, 2.24) is 9.21 Å². The second-order valence-electron chi connectivity index (χ2n) is 8.01. The molecule has 1 heterocycles. The summed E-state index contributed by atoms with van der Waals surface area (Å²) >= 11 is 0. The maximum absolute atomic E-state index is 12.8. The number of hydrogen-bond acceptors (Lipinski definition) is 6. The summed E-state index contributed by atoms with van der Waals surface area (Å²) in [5.74, 6) is -0.136. The van der Waals surface area contributed by atoms with Crippen molar-refractivity contribution in [3.63, 3.8) is 0 Å². The molecule has 1 fully saturated rings. The van der Waals surface area contributed by atoms with Gasteiger partial charge in [0.2, 0.25) is 15.9 Å². The number of sulfone groups is 1. The van der Waals surface area contributed by atoms with Gasteiger partial charge in [0.15, 0.2) is 9.84 Å². The summed E-state index contributed by atoms with van der Waals surface area (Å²) < 4.78 is 93.6. The van der Waals surface area contributed by atoms with E-state index in [4.69, 9.17) is 4.74 Å². The van der Waals surface area contributed by atoms with Crippen LogP contribution in [0.3, 0.4) is 0 Å². The van der Waals surface area contributed by atoms with Crippen molar-refractivity contribution < 1.29 is 39.5 Å². The molecular formula is C22H25F3N2O6S2. The van der Waals surface area contributed by atoms with E-state index in [-0.39, 0.29) is 60.7 Å². The van der Waals surface area contributed by atoms with Gasteiger partial charge in [-0.05, 0) is 48.9 Å². The van der Waals surface area contributed by atoms with Crippen molar-refractivity contribution >= 4 is 25.8 Å². The smallest absolute Gasteiger partial charge is 0.416 e. The van der Waals surface area contributed by atoms with Crippen molar-refractivity contribution in [2.45, 2.75) is 28.8 Å². The zero-order valence-electron chi connectivity index (χ0n) is 18.9. The molecule has 192 valence electrons. The van der Waals surface area contributed by atoms with Gasteiger partial charge in [0.05, 0.1) is 22.0 Å². The van der Waals surface area contributed by atoms with E-state index >= 15 is 0 Å². The Kier molecular flexibility index (Phi) is 8.12. The number of hydrogen-bond donors (Lipinski definition) is 0. The lowest BCUT2D eigenvalue weighted by atomic mass is 10.2. The minimum atomic E-state index is -4.47. The fraction of sp³-hybridized carbons (Fsp3) is 0.409. The lowest BCUT2D eigenvalue weighted by Crippen LogP contribution is -2.50. The molecular weight excluding hydrogens is 509 g/mol. The first kappa shape index (κ1) is 27.0. The van der Waals surface area contributed by atoms with Crippen molar-refractivity contribution in [1.29, 1.82) is 0 Å². The highest BCUT2D eigenvalue weighted by molar-refractivity contribution is 7.90. The van der Waals surface area contributed by atoms with Crippen LogP contribution in [-0.4, -0.2) is 71.0 Å². The number of carbonyl (C=O) groups excluding carboxylic acids is 1. The summed E-state index contributed by atoms with van der Waals surface area (Å²) in [4.78, 5) is 14.0. The molecule has 0 saturated carbocycles. The van der Waals surface area contributed by atoms with Gasteiger partial charge in [0, 0.05) is 38.9 Å². The number of amides is 1. The predicted octanol–water partition coefficient (Wildman–Crippen LogP) is 2.80. The highest BCUT2D eigenvalue weighted by Gasteiger charge is 2.31. The van der Waals surface area contributed by atoms with Crippen LogP contribution in [0, 0.1) is 0 Å². The first-order chi connectivity index (χ1) is 16.3. The molecule has 35 heavy (non-hydrogen) atoms. The number of alkyl halides is 3. The second kappa shape index (κ2) is 10.5. The van der Waals surface area contributed by atoms with Crippen LogP contribution in [0.5, 0.6) is 5.75 Å². The van der Waals surface area contributed by atoms with E-state index in [1.807, 2.05) is 0 Å². The van der Waals surface area contributed by atoms with Gasteiger partial charge in [0.1, 0.15) is 5.75 Å². The van der Waals surface area contributed by atoms with Crippen LogP contribution in [0.1, 0.15) is 18.4 Å². The molecule has 0 bridgehead atoms. The van der Waals surface area contributed by atoms with E-state index in [0.717, 1.165) is 18.4 Å². The minimum absolute atomic E-state index is 0.0175. The van der Waals surface area contributed by atoms with Gasteiger partial charge in [-0.1, -0.05) is 6.07 Å². The summed E-state index contributed by atoms with van der Waals surface area (Å²) in [5, 5.41) is 0. The van der Waals surface area contributed by atoms with Crippen LogP contribution in [0.4, 0.5) is 13.2 Å². The second-order valence-corrected chi connectivity index (χ2v) is 12.0. The van der Waals surface area contributed by atoms with Gasteiger partial charge in [-0.15, -0.1) is 0 Å². The summed E-state index contributed by atoms with van der Waals surface area (Å²) in [6.45, 7) is 0.609. The number of nitrogens with zero attached hydrogens (tertiary/aromatic N) is 2. The van der Waals surface area contributed by atoms with E-state index in [2.05, 4.69) is 0 Å². The largest absolute Gasteiger partial charge is 0.494 e. The molecule has 8 nitrogen and oxygen atoms in total. The zero-order chi connectivity index (χ0) is 25.9. The molecule has 0 N–H and O–H groups in total. The summed E-state index contributed by atoms with van der Waals surface area (Å²) in [7, 11) is -7.29. The fourth-order valence-electron chi connectivity index (χ4n) is 3.52. The highest BCUT2D eigenvalue weighted by Crippen LogP contribution is 2.31. The quantitative estimate of drug-likeness (QED) is 0.483. The van der Waals surface area contributed by atoms with E-state index < -0.39 is 31.6 Å². The topological polar surface area (TPSA) is 101 Å². The van der Waals surface area contributed by atoms with Crippen molar-refractivity contribution in [2.75, 3.05) is 39.0 Å². The number of ether oxygens (including phenoxy) is 1. The van der Waals surface area contributed by atoms with E-state index in [9.17, 15) is 34.8 Å². The van der Waals surface area contributed by atoms with Gasteiger partial charge in [-0.25, -0.2) is 16.8 Å². The van der Waals surface area contributed by atoms with Crippen molar-refractivity contribution in [3.8, 4) is 5.75 Å². The standard InChI is InChI=1S/C22H25F3N2O6S2/c1-34(29,30)19-7-9-20(10-8-19)35(31,32)27-13-11-26(12-14-27)21(28)6-3-15-33-18-5-2-4-17(16-18)22(23,24)25/h2,4-5,7-10,16H,3,6,11-15H2,1H3. The normalized spacial score (nSPS) is 15.7. The molecule has 0 aliphatic carbocycles. The molecule has 2 aromatic rings. The number of rotatable bonds is 8. The molecule has 0 unspecified atom stereocenters. The number of piperazine rings is 1. The van der Waals surface area contributed by atoms with Gasteiger partial charge in [0.25, 0.3) is 0 Å². The Morgan fingerprint density at radius 2 is 1.54 bits per heavy atom. The molecule has 0 aromatic heterocycles. The lowest BCUT2D eigenvalue weighted by molar-refractivity contribution is -0.137. The van der Waals surface area contributed by atoms with Gasteiger partial charge in [-0.3, -0.25) is 4.79 Å². The van der Waals surface area contributed by atoms with Crippen LogP contribution in [0.25, 0.3) is 0 Å². The first-order valence-corrected chi connectivity index (χ1v) is 14.0. The number of benzene rings is 2. The summed E-state index contributed by atoms with van der Waals surface area (Å²) in [5.41, 5.74) is -0.815. The van der Waals surface area contributed by atoms with Crippen LogP contribution in [-0.2, 0) is 30.8 Å². The first-order valence-electron chi connectivity index (χ1n) is 10.7. The lowest BCUT2D eigenvalue weighted by Gasteiger charge is -2.34. The third-order valence-corrected chi connectivity index (χ3v) is 8.49. The Labute approximate surface area is 202 Å². The Balaban J connectivity index is 1.47. The number of sulfonamides is 1. The third kappa shape index (κ3) is 6.95. The van der Waals surface area contributed by atoms with Crippen LogP contribution < -0.4 is 4.74 Å². The van der Waals surface area contributed by atoms with Crippen LogP contribution >= 0.6 is 0 Å². The molecule has 0 spiro atoms. The van der Waals surface area contributed by atoms with Gasteiger partial charge >= 0.3 is 6.18 Å². The molecule has 13 heteroatoms. The predicted molar refractivity (Wildman–Crippen MR) is 121 cm³/mol. The molecule has 1 amide bonds. The zero-order valence-corrected chi connectivity index (χ0v) is 20.5. The molecule has 1 aliphatic heterocycles. The Morgan fingerprint density at radius 3 is 2.11 bits per heavy atom. The maximum Gasteiger partial charge on any atom is 0.416 e. The van der Waals surface area contributed by atoms with Gasteiger partial charge in [-0.2, -0.15) is 17.5 Å². The Hall–Kier alpha value is -2.64. The average molecular weight is 535 g/mol. The molecule has 0 radical (unpaired) electrons. The summed E-state index contributed by atoms with van der Waals surface area (Å²) in [6.07, 6.45) is -3.03. The fourth-order valence-corrected chi connectivity index (χ4v) is 5.57. The van der Waals surface area contributed by atoms with E-state index in [1.54, 1.807) is 0 Å². The minimum Gasteiger partial charge on any atom is -0.494 e. The van der Waals surface area contributed by atoms with E-state index in [1.165, 1.54) is 45.6 Å². The molecule has 3 rings (SSSR count). The average Bonchev–Trinajstić information content (AvgIpc) is 2.81. The SMILES string of the molecule is CS(=O)(=O)c1ccc(S(=O)(=O)N2CCN(C(=O)CCCOc3cccc(C(F)(F)F)c3)CC2)cc1. The van der Waals surface area contributed by atoms with Crippen LogP contribution in [0.2, 0.25) is 0 Å².